The molecule has 3 aromatic carbocycles. The van der Waals surface area contributed by atoms with Crippen molar-refractivity contribution in [2.75, 3.05) is 16.8 Å². The smallest absolute Gasteiger partial charge is 0.266 e. The summed E-state index contributed by atoms with van der Waals surface area (Å²) in [6.07, 6.45) is 1.40. The Morgan fingerprint density at radius 1 is 1.11 bits per heavy atom. The summed E-state index contributed by atoms with van der Waals surface area (Å²) < 4.78 is 19.4. The fourth-order valence-corrected chi connectivity index (χ4v) is 4.18. The monoisotopic (exact) mass is 486 g/mol. The van der Waals surface area contributed by atoms with E-state index in [-0.39, 0.29) is 22.9 Å². The number of carbonyl (C=O) groups is 2. The number of nitrogens with one attached hydrogen (secondary N) is 1. The summed E-state index contributed by atoms with van der Waals surface area (Å²) in [5.41, 5.74) is 2.28. The molecule has 9 heteroatoms. The molecule has 35 heavy (non-hydrogen) atoms. The first kappa shape index (κ1) is 22.3. The number of nitriles is 1. The fraction of sp³-hybridized carbons (Fsp3) is 0.0769. The van der Waals surface area contributed by atoms with E-state index in [1.54, 1.807) is 43.3 Å². The van der Waals surface area contributed by atoms with Gasteiger partial charge in [-0.15, -0.1) is 0 Å². The van der Waals surface area contributed by atoms with E-state index in [1.165, 1.54) is 24.4 Å². The number of benzene rings is 3. The second-order valence-electron chi connectivity index (χ2n) is 7.67. The van der Waals surface area contributed by atoms with Crippen molar-refractivity contribution in [1.29, 1.82) is 5.26 Å². The molecule has 0 atom stereocenters. The number of amides is 2. The quantitative estimate of drug-likeness (QED) is 0.356. The minimum atomic E-state index is -0.577. The van der Waals surface area contributed by atoms with Gasteiger partial charge in [0.15, 0.2) is 0 Å². The van der Waals surface area contributed by atoms with Crippen molar-refractivity contribution in [2.45, 2.75) is 6.92 Å². The van der Waals surface area contributed by atoms with Crippen molar-refractivity contribution in [1.82, 2.24) is 4.98 Å². The number of rotatable bonds is 5. The Labute approximate surface area is 204 Å². The maximum atomic E-state index is 13.7. The molecule has 0 bridgehead atoms. The number of hydrogen-bond acceptors (Lipinski definition) is 6. The van der Waals surface area contributed by atoms with Gasteiger partial charge in [-0.25, -0.2) is 9.29 Å². The van der Waals surface area contributed by atoms with Crippen LogP contribution in [0.15, 0.2) is 60.8 Å². The van der Waals surface area contributed by atoms with Gasteiger partial charge in [0.2, 0.25) is 0 Å². The van der Waals surface area contributed by atoms with Crippen LogP contribution in [0.1, 0.15) is 33.2 Å². The molecule has 1 aromatic heterocycles. The standard InChI is InChI=1S/C26H16ClFN4O3/c1-2-35-23-11-21-18(10-22(23)32-25(33)16-5-3-4-6-17(16)26(32)34)24(14(12-29)13-30-21)31-15-7-8-20(28)19(27)9-15/h3-11,13H,2H2,1H3,(H,30,31). The number of carbonyl (C=O) groups excluding carboxylic acids is 2. The second-order valence-corrected chi connectivity index (χ2v) is 8.08. The largest absolute Gasteiger partial charge is 0.492 e. The fourth-order valence-electron chi connectivity index (χ4n) is 4.00. The summed E-state index contributed by atoms with van der Waals surface area (Å²) in [6.45, 7) is 2.07. The predicted molar refractivity (Wildman–Crippen MR) is 130 cm³/mol. The lowest BCUT2D eigenvalue weighted by molar-refractivity contribution is 0.0925. The average Bonchev–Trinajstić information content (AvgIpc) is 3.11. The third-order valence-corrected chi connectivity index (χ3v) is 5.88. The van der Waals surface area contributed by atoms with Crippen molar-refractivity contribution in [3.63, 3.8) is 0 Å². The van der Waals surface area contributed by atoms with Crippen LogP contribution < -0.4 is 15.0 Å². The summed E-state index contributed by atoms with van der Waals surface area (Å²) >= 11 is 5.92. The molecule has 0 fully saturated rings. The van der Waals surface area contributed by atoms with Crippen molar-refractivity contribution in [2.24, 2.45) is 0 Å². The van der Waals surface area contributed by atoms with Gasteiger partial charge in [-0.05, 0) is 43.3 Å². The predicted octanol–water partition coefficient (Wildman–Crippen LogP) is 5.84. The number of hydrogen-bond donors (Lipinski definition) is 1. The Kier molecular flexibility index (Phi) is 5.55. The third-order valence-electron chi connectivity index (χ3n) is 5.59. The number of ether oxygens (including phenoxy) is 1. The van der Waals surface area contributed by atoms with E-state index in [0.717, 1.165) is 4.90 Å². The van der Waals surface area contributed by atoms with Gasteiger partial charge in [-0.2, -0.15) is 5.26 Å². The number of anilines is 3. The van der Waals surface area contributed by atoms with E-state index in [4.69, 9.17) is 16.3 Å². The lowest BCUT2D eigenvalue weighted by Gasteiger charge is -2.20. The van der Waals surface area contributed by atoms with Crippen molar-refractivity contribution >= 4 is 51.4 Å². The van der Waals surface area contributed by atoms with E-state index in [9.17, 15) is 19.2 Å². The van der Waals surface area contributed by atoms with Crippen LogP contribution in [0, 0.1) is 17.1 Å². The summed E-state index contributed by atoms with van der Waals surface area (Å²) in [5, 5.41) is 13.2. The van der Waals surface area contributed by atoms with Crippen LogP contribution in [0.2, 0.25) is 5.02 Å². The van der Waals surface area contributed by atoms with Crippen LogP contribution in [-0.4, -0.2) is 23.4 Å². The number of imide groups is 1. The van der Waals surface area contributed by atoms with Crippen LogP contribution in [0.4, 0.5) is 21.5 Å². The minimum absolute atomic E-state index is 0.0859. The first-order valence-corrected chi connectivity index (χ1v) is 11.0. The van der Waals surface area contributed by atoms with E-state index in [2.05, 4.69) is 16.4 Å². The average molecular weight is 487 g/mol. The van der Waals surface area contributed by atoms with Gasteiger partial charge in [-0.3, -0.25) is 14.6 Å². The topological polar surface area (TPSA) is 95.3 Å². The zero-order valence-electron chi connectivity index (χ0n) is 18.3. The van der Waals surface area contributed by atoms with E-state index < -0.39 is 17.6 Å². The Morgan fingerprint density at radius 2 is 1.83 bits per heavy atom. The Balaban J connectivity index is 1.71. The zero-order chi connectivity index (χ0) is 24.7. The molecule has 0 unspecified atom stereocenters. The molecular weight excluding hydrogens is 471 g/mol. The molecule has 0 aliphatic carbocycles. The molecule has 7 nitrogen and oxygen atoms in total. The molecule has 5 rings (SSSR count). The first-order chi connectivity index (χ1) is 16.9. The van der Waals surface area contributed by atoms with E-state index in [1.807, 2.05) is 0 Å². The summed E-state index contributed by atoms with van der Waals surface area (Å²) in [5.74, 6) is -1.24. The second kappa shape index (κ2) is 8.70. The number of nitrogens with zero attached hydrogens (tertiary/aromatic N) is 3. The molecule has 1 aliphatic heterocycles. The maximum absolute atomic E-state index is 13.7. The zero-order valence-corrected chi connectivity index (χ0v) is 19.1. The van der Waals surface area contributed by atoms with Gasteiger partial charge in [0, 0.05) is 23.3 Å². The Morgan fingerprint density at radius 3 is 2.46 bits per heavy atom. The third kappa shape index (κ3) is 3.72. The van der Waals surface area contributed by atoms with Crippen molar-refractivity contribution < 1.29 is 18.7 Å². The van der Waals surface area contributed by atoms with Gasteiger partial charge in [0.1, 0.15) is 17.6 Å². The molecule has 1 aliphatic rings. The molecular formula is C26H16ClFN4O3. The maximum Gasteiger partial charge on any atom is 0.266 e. The van der Waals surface area contributed by atoms with Crippen LogP contribution in [0.3, 0.4) is 0 Å². The lowest BCUT2D eigenvalue weighted by Crippen LogP contribution is -2.30. The molecule has 2 heterocycles. The van der Waals surface area contributed by atoms with Gasteiger partial charge >= 0.3 is 0 Å². The molecule has 0 spiro atoms. The van der Waals surface area contributed by atoms with Crippen LogP contribution in [0.25, 0.3) is 10.9 Å². The molecule has 0 radical (unpaired) electrons. The summed E-state index contributed by atoms with van der Waals surface area (Å²) in [4.78, 5) is 31.8. The number of halogens is 2. The highest BCUT2D eigenvalue weighted by molar-refractivity contribution is 6.35. The van der Waals surface area contributed by atoms with Gasteiger partial charge in [0.25, 0.3) is 11.8 Å². The molecule has 2 amide bonds. The van der Waals surface area contributed by atoms with Crippen molar-refractivity contribution in [3.05, 3.63) is 88.3 Å². The van der Waals surface area contributed by atoms with Gasteiger partial charge < -0.3 is 10.1 Å². The summed E-state index contributed by atoms with van der Waals surface area (Å²) in [6, 6.07) is 15.9. The van der Waals surface area contributed by atoms with Gasteiger partial charge in [0.05, 0.1) is 45.2 Å². The Bertz CT molecular complexity index is 1550. The van der Waals surface area contributed by atoms with Crippen molar-refractivity contribution in [3.8, 4) is 11.8 Å². The molecule has 0 saturated heterocycles. The highest BCUT2D eigenvalue weighted by atomic mass is 35.5. The normalized spacial score (nSPS) is 12.6. The minimum Gasteiger partial charge on any atom is -0.492 e. The summed E-state index contributed by atoms with van der Waals surface area (Å²) in [7, 11) is 0. The van der Waals surface area contributed by atoms with E-state index in [0.29, 0.717) is 39.2 Å². The molecule has 1 N–H and O–H groups in total. The lowest BCUT2D eigenvalue weighted by atomic mass is 10.1. The highest BCUT2D eigenvalue weighted by Gasteiger charge is 2.38. The number of aromatic nitrogens is 1. The van der Waals surface area contributed by atoms with Crippen LogP contribution in [0.5, 0.6) is 5.75 Å². The van der Waals surface area contributed by atoms with Crippen LogP contribution in [-0.2, 0) is 0 Å². The number of fused-ring (bicyclic) bond motifs is 2. The molecule has 0 saturated carbocycles. The SMILES string of the molecule is CCOc1cc2ncc(C#N)c(Nc3ccc(F)c(Cl)c3)c2cc1N1C(=O)c2ccccc2C1=O. The van der Waals surface area contributed by atoms with E-state index >= 15 is 0 Å². The Hall–Kier alpha value is -4.48. The highest BCUT2D eigenvalue weighted by Crippen LogP contribution is 2.41. The van der Waals surface area contributed by atoms with Crippen LogP contribution >= 0.6 is 11.6 Å². The molecule has 4 aromatic rings. The number of pyridine rings is 1. The van der Waals surface area contributed by atoms with Gasteiger partial charge in [-0.1, -0.05) is 23.7 Å². The first-order valence-electron chi connectivity index (χ1n) is 10.6. The molecule has 172 valence electrons.